The van der Waals surface area contributed by atoms with Gasteiger partial charge in [0.2, 0.25) is 0 Å². The lowest BCUT2D eigenvalue weighted by Crippen LogP contribution is -2.63. The molecule has 4 atom stereocenters. The summed E-state index contributed by atoms with van der Waals surface area (Å²) >= 11 is 0. The number of amides is 1. The first-order valence-electron chi connectivity index (χ1n) is 7.31. The van der Waals surface area contributed by atoms with Gasteiger partial charge >= 0.3 is 6.09 Å². The largest absolute Gasteiger partial charge is 0.444 e. The van der Waals surface area contributed by atoms with Crippen LogP contribution in [0.2, 0.25) is 0 Å². The van der Waals surface area contributed by atoms with Crippen molar-refractivity contribution >= 4 is 11.9 Å². The topological polar surface area (TPSA) is 55.4 Å². The van der Waals surface area contributed by atoms with Gasteiger partial charge in [-0.2, -0.15) is 0 Å². The van der Waals surface area contributed by atoms with Gasteiger partial charge in [-0.25, -0.2) is 4.79 Å². The predicted molar refractivity (Wildman–Crippen MR) is 70.7 cm³/mol. The summed E-state index contributed by atoms with van der Waals surface area (Å²) < 4.78 is 5.37. The van der Waals surface area contributed by atoms with Crippen LogP contribution >= 0.6 is 0 Å². The normalized spacial score (nSPS) is 40.4. The molecule has 4 rings (SSSR count). The van der Waals surface area contributed by atoms with Crippen LogP contribution in [0.3, 0.4) is 0 Å². The van der Waals surface area contributed by atoms with Crippen LogP contribution in [0.4, 0.5) is 4.79 Å². The van der Waals surface area contributed by atoms with E-state index in [4.69, 9.17) is 4.74 Å². The summed E-state index contributed by atoms with van der Waals surface area (Å²) in [4.78, 5) is 24.1. The van der Waals surface area contributed by atoms with Crippen molar-refractivity contribution in [2.45, 2.75) is 64.0 Å². The molecule has 1 amide bonds. The maximum absolute atomic E-state index is 12.1. The molecule has 0 spiro atoms. The summed E-state index contributed by atoms with van der Waals surface area (Å²) in [5, 5.41) is 3.09. The Morgan fingerprint density at radius 1 is 1.21 bits per heavy atom. The monoisotopic (exact) mass is 265 g/mol. The van der Waals surface area contributed by atoms with Crippen molar-refractivity contribution in [2.75, 3.05) is 0 Å². The maximum Gasteiger partial charge on any atom is 0.408 e. The number of rotatable bonds is 1. The number of nitrogens with one attached hydrogen (secondary N) is 1. The van der Waals surface area contributed by atoms with E-state index in [2.05, 4.69) is 5.32 Å². The van der Waals surface area contributed by atoms with Crippen LogP contribution in [0.1, 0.15) is 52.9 Å². The Kier molecular flexibility index (Phi) is 2.70. The van der Waals surface area contributed by atoms with E-state index in [1.54, 1.807) is 0 Å². The fourth-order valence-electron chi connectivity index (χ4n) is 4.42. The lowest BCUT2D eigenvalue weighted by atomic mass is 9.52. The molecule has 0 aliphatic heterocycles. The highest BCUT2D eigenvalue weighted by Crippen LogP contribution is 2.54. The molecule has 0 unspecified atom stereocenters. The Balaban J connectivity index is 1.71. The molecule has 4 fully saturated rings. The second-order valence-electron chi connectivity index (χ2n) is 7.65. The molecule has 106 valence electrons. The Hall–Kier alpha value is -1.06. The van der Waals surface area contributed by atoms with E-state index in [0.717, 1.165) is 32.1 Å². The van der Waals surface area contributed by atoms with Gasteiger partial charge in [-0.05, 0) is 58.8 Å². The first kappa shape index (κ1) is 12.9. The van der Waals surface area contributed by atoms with Crippen LogP contribution in [-0.2, 0) is 9.53 Å². The molecule has 0 aromatic carbocycles. The van der Waals surface area contributed by atoms with Crippen molar-refractivity contribution in [3.8, 4) is 0 Å². The number of hydrogen-bond donors (Lipinski definition) is 1. The minimum atomic E-state index is -0.470. The summed E-state index contributed by atoms with van der Waals surface area (Å²) in [6.45, 7) is 5.61. The third-order valence-electron chi connectivity index (χ3n) is 4.76. The van der Waals surface area contributed by atoms with Crippen molar-refractivity contribution in [1.29, 1.82) is 0 Å². The molecule has 0 aromatic heterocycles. The van der Waals surface area contributed by atoms with Crippen LogP contribution in [0.25, 0.3) is 0 Å². The third-order valence-corrected chi connectivity index (χ3v) is 4.76. The highest BCUT2D eigenvalue weighted by molar-refractivity contribution is 5.86. The van der Waals surface area contributed by atoms with Crippen molar-refractivity contribution in [3.63, 3.8) is 0 Å². The molecule has 4 nitrogen and oxygen atoms in total. The van der Waals surface area contributed by atoms with E-state index in [1.807, 2.05) is 20.8 Å². The fraction of sp³-hybridized carbons (Fsp3) is 0.867. The summed E-state index contributed by atoms with van der Waals surface area (Å²) in [5.41, 5.74) is -0.644. The third kappa shape index (κ3) is 2.37. The average molecular weight is 265 g/mol. The Labute approximate surface area is 114 Å². The standard InChI is InChI=1S/C15H23NO3/c1-14(2,3)19-13(18)16-15-6-9-4-10(7-15)12(17)11(5-9)8-15/h9-11H,4-8H2,1-3H3,(H,16,18)/t9-,10-,11+,15-. The molecule has 4 heteroatoms. The number of hydrogen-bond acceptors (Lipinski definition) is 3. The van der Waals surface area contributed by atoms with Gasteiger partial charge in [0.15, 0.2) is 0 Å². The Morgan fingerprint density at radius 2 is 1.79 bits per heavy atom. The zero-order chi connectivity index (χ0) is 13.8. The van der Waals surface area contributed by atoms with Crippen LogP contribution in [0, 0.1) is 17.8 Å². The van der Waals surface area contributed by atoms with Crippen LogP contribution in [-0.4, -0.2) is 23.0 Å². The molecule has 19 heavy (non-hydrogen) atoms. The van der Waals surface area contributed by atoms with E-state index in [-0.39, 0.29) is 23.5 Å². The van der Waals surface area contributed by atoms with E-state index in [0.29, 0.717) is 11.7 Å². The van der Waals surface area contributed by atoms with Gasteiger partial charge in [-0.1, -0.05) is 0 Å². The Morgan fingerprint density at radius 3 is 2.32 bits per heavy atom. The maximum atomic E-state index is 12.1. The van der Waals surface area contributed by atoms with Gasteiger partial charge in [-0.15, -0.1) is 0 Å². The second kappa shape index (κ2) is 3.97. The van der Waals surface area contributed by atoms with Gasteiger partial charge in [0, 0.05) is 17.4 Å². The van der Waals surface area contributed by atoms with E-state index in [9.17, 15) is 9.59 Å². The minimum Gasteiger partial charge on any atom is -0.444 e. The van der Waals surface area contributed by atoms with Crippen LogP contribution in [0.5, 0.6) is 0 Å². The number of carbonyl (C=O) groups is 2. The van der Waals surface area contributed by atoms with Gasteiger partial charge < -0.3 is 10.1 Å². The number of Topliss-reactive ketones (excluding diaryl/α,β-unsaturated/α-hetero) is 1. The first-order chi connectivity index (χ1) is 8.76. The minimum absolute atomic E-state index is 0.174. The number of carbonyl (C=O) groups excluding carboxylic acids is 2. The summed E-state index contributed by atoms with van der Waals surface area (Å²) in [6, 6.07) is 0. The zero-order valence-corrected chi connectivity index (χ0v) is 12.0. The zero-order valence-electron chi connectivity index (χ0n) is 12.0. The lowest BCUT2D eigenvalue weighted by molar-refractivity contribution is -0.142. The van der Waals surface area contributed by atoms with Crippen LogP contribution in [0.15, 0.2) is 0 Å². The number of alkyl carbamates (subject to hydrolysis) is 1. The fourth-order valence-corrected chi connectivity index (χ4v) is 4.42. The van der Waals surface area contributed by atoms with Crippen molar-refractivity contribution < 1.29 is 14.3 Å². The average Bonchev–Trinajstić information content (AvgIpc) is 2.20. The lowest BCUT2D eigenvalue weighted by Gasteiger charge is -2.55. The number of ether oxygens (including phenoxy) is 1. The quantitative estimate of drug-likeness (QED) is 0.793. The molecular weight excluding hydrogens is 242 g/mol. The molecule has 1 N–H and O–H groups in total. The molecule has 0 heterocycles. The predicted octanol–water partition coefficient (Wildman–Crippen LogP) is 2.66. The van der Waals surface area contributed by atoms with E-state index in [1.165, 1.54) is 0 Å². The van der Waals surface area contributed by atoms with Gasteiger partial charge in [0.1, 0.15) is 11.4 Å². The van der Waals surface area contributed by atoms with Gasteiger partial charge in [0.25, 0.3) is 0 Å². The molecular formula is C15H23NO3. The van der Waals surface area contributed by atoms with E-state index >= 15 is 0 Å². The summed E-state index contributed by atoms with van der Waals surface area (Å²) in [5.74, 6) is 1.42. The highest BCUT2D eigenvalue weighted by atomic mass is 16.6. The van der Waals surface area contributed by atoms with Gasteiger partial charge in [-0.3, -0.25) is 4.79 Å². The highest BCUT2D eigenvalue weighted by Gasteiger charge is 2.55. The smallest absolute Gasteiger partial charge is 0.408 e. The summed E-state index contributed by atoms with van der Waals surface area (Å²) in [6.07, 6.45) is 4.39. The van der Waals surface area contributed by atoms with Crippen molar-refractivity contribution in [2.24, 2.45) is 17.8 Å². The number of ketones is 1. The second-order valence-corrected chi connectivity index (χ2v) is 7.65. The van der Waals surface area contributed by atoms with Crippen LogP contribution < -0.4 is 5.32 Å². The molecule has 0 aromatic rings. The molecule has 0 saturated heterocycles. The van der Waals surface area contributed by atoms with Crippen molar-refractivity contribution in [3.05, 3.63) is 0 Å². The van der Waals surface area contributed by atoms with E-state index < -0.39 is 5.60 Å². The molecule has 4 aliphatic rings. The molecule has 0 radical (unpaired) electrons. The molecule has 4 bridgehead atoms. The molecule has 4 saturated carbocycles. The Bertz CT molecular complexity index is 406. The first-order valence-corrected chi connectivity index (χ1v) is 7.31. The van der Waals surface area contributed by atoms with Crippen molar-refractivity contribution in [1.82, 2.24) is 5.32 Å². The summed E-state index contributed by atoms with van der Waals surface area (Å²) in [7, 11) is 0. The SMILES string of the molecule is CC(C)(C)OC(=O)N[C@]12C[C@@H]3C[C@H](C1)C(=O)[C@@H](C3)C2. The van der Waals surface area contributed by atoms with Gasteiger partial charge in [0.05, 0.1) is 0 Å². The molecule has 4 aliphatic carbocycles.